The van der Waals surface area contributed by atoms with Gasteiger partial charge in [0.25, 0.3) is 0 Å². The van der Waals surface area contributed by atoms with Gasteiger partial charge in [-0.2, -0.15) is 23.5 Å². The van der Waals surface area contributed by atoms with Crippen molar-refractivity contribution in [3.05, 3.63) is 29.8 Å². The number of unbranched alkanes of at least 4 members (excludes halogenated alkanes) is 16. The number of phenolic OH excluding ortho intramolecular Hbond substituents is 1. The molecule has 128 heavy (non-hydrogen) atoms. The number of hydrogen-bond acceptors (Lipinski definition) is 25. The summed E-state index contributed by atoms with van der Waals surface area (Å²) in [5, 5.41) is 63.3. The molecule has 0 aliphatic carbocycles. The van der Waals surface area contributed by atoms with Crippen molar-refractivity contribution < 1.29 is 97.1 Å². The summed E-state index contributed by atoms with van der Waals surface area (Å²) in [4.78, 5) is 227. The molecule has 0 heterocycles. The highest BCUT2D eigenvalue weighted by molar-refractivity contribution is 7.98. The topological polar surface area (TPSA) is 619 Å². The van der Waals surface area contributed by atoms with Gasteiger partial charge < -0.3 is 102 Å². The fourth-order valence-corrected chi connectivity index (χ4v) is 16.0. The van der Waals surface area contributed by atoms with Gasteiger partial charge in [0.1, 0.15) is 17.6 Å². The van der Waals surface area contributed by atoms with Crippen LogP contribution in [0, 0.1) is 41.4 Å². The Morgan fingerprint density at radius 3 is 1.34 bits per heavy atom. The number of hydrogen-bond donors (Lipinski definition) is 18. The van der Waals surface area contributed by atoms with Crippen molar-refractivity contribution in [2.24, 2.45) is 80.8 Å². The fourth-order valence-electron chi connectivity index (χ4n) is 15.1. The number of phenols is 1. The molecule has 1 aromatic rings. The summed E-state index contributed by atoms with van der Waals surface area (Å²) in [6.07, 6.45) is 16.4. The minimum atomic E-state index is -1.68. The molecule has 0 aromatic heterocycles. The summed E-state index contributed by atoms with van der Waals surface area (Å²) >= 11 is 2.77. The van der Waals surface area contributed by atoms with Crippen LogP contribution >= 0.6 is 23.5 Å². The Bertz CT molecular complexity index is 3560. The average Bonchev–Trinajstić information content (AvgIpc) is 0.852. The number of nitrogens with two attached hydrogens (primary N) is 6. The number of carbonyl (C=O) groups excluding carboxylic acids is 15. The third-order valence-electron chi connectivity index (χ3n) is 22.5. The predicted molar refractivity (Wildman–Crippen MR) is 498 cm³/mol. The number of aromatic hydroxyl groups is 1. The Morgan fingerprint density at radius 2 is 0.852 bits per heavy atom. The predicted octanol–water partition coefficient (Wildman–Crippen LogP) is 5.14. The van der Waals surface area contributed by atoms with E-state index >= 15 is 0 Å². The number of nitrogens with one attached hydrogen (secondary N) is 8. The number of amides is 9. The first-order chi connectivity index (χ1) is 61.0. The lowest BCUT2D eigenvalue weighted by Crippen LogP contribution is -2.54. The van der Waals surface area contributed by atoms with Gasteiger partial charge in [-0.1, -0.05) is 129 Å². The zero-order valence-electron chi connectivity index (χ0n) is 77.2. The third kappa shape index (κ3) is 53.6. The summed E-state index contributed by atoms with van der Waals surface area (Å²) in [6.45, 7) is 7.86. The van der Waals surface area contributed by atoms with E-state index in [1.807, 2.05) is 6.26 Å². The summed E-state index contributed by atoms with van der Waals surface area (Å²) in [5.41, 5.74) is 34.9. The van der Waals surface area contributed by atoms with Crippen molar-refractivity contribution in [1.82, 2.24) is 42.5 Å². The van der Waals surface area contributed by atoms with E-state index in [-0.39, 0.29) is 113 Å². The van der Waals surface area contributed by atoms with Crippen molar-refractivity contribution in [2.45, 2.75) is 321 Å². The molecule has 0 radical (unpaired) electrons. The second-order valence-electron chi connectivity index (χ2n) is 34.3. The highest BCUT2D eigenvalue weighted by Crippen LogP contribution is 2.26. The molecular formula is C91H157N15O20S2. The molecule has 0 bridgehead atoms. The first-order valence-corrected chi connectivity index (χ1v) is 49.0. The van der Waals surface area contributed by atoms with Gasteiger partial charge in [0, 0.05) is 88.1 Å². The second kappa shape index (κ2) is 70.4. The molecule has 9 amide bonds. The maximum absolute atomic E-state index is 14.9. The van der Waals surface area contributed by atoms with E-state index in [1.54, 1.807) is 20.1 Å². The molecule has 1 rings (SSSR count). The Kier molecular flexibility index (Phi) is 64.6. The van der Waals surface area contributed by atoms with E-state index in [4.69, 9.17) is 34.4 Å². The second-order valence-corrected chi connectivity index (χ2v) is 36.2. The molecule has 37 heteroatoms. The van der Waals surface area contributed by atoms with E-state index in [0.717, 1.165) is 32.1 Å². The number of thioether (sulfide) groups is 2. The molecular weight excluding hydrogens is 1690 g/mol. The van der Waals surface area contributed by atoms with Crippen LogP contribution < -0.4 is 76.9 Å². The number of benzene rings is 1. The zero-order chi connectivity index (χ0) is 95.9. The number of primary amides is 1. The van der Waals surface area contributed by atoms with Crippen LogP contribution in [0.4, 0.5) is 0 Å². The van der Waals surface area contributed by atoms with Gasteiger partial charge in [0.15, 0.2) is 34.9 Å². The van der Waals surface area contributed by atoms with Crippen LogP contribution in [0.15, 0.2) is 29.3 Å². The maximum atomic E-state index is 14.9. The number of carbonyl (C=O) groups is 16. The monoisotopic (exact) mass is 1840 g/mol. The van der Waals surface area contributed by atoms with Gasteiger partial charge in [0.2, 0.25) is 53.2 Å². The van der Waals surface area contributed by atoms with Crippen molar-refractivity contribution in [3.8, 4) is 5.75 Å². The van der Waals surface area contributed by atoms with E-state index < -0.39 is 224 Å². The SMILES string of the molecule is CCCCCCCCCCCCCCCCNC(=O)[C@H](CCCCN)CC(=O)[C@H](CC(=O)O)NC(=O)[C@@H](CC(=O)[C@H](CCSC)NC(=O)[C@H](CO)CC(=O)[C@H](CCCN=C(N)N)NC(=O)[C@@H](CC(=O)[C@H](CCCCN)NC(=O)[C@H](CCCCN)CC(=O)[C@H](CCC(N)=O)NC(=O)[C@H](Cc1ccc(O)cc1)NC(=O)CNC(=O)[C@H](CCSC)CC(C)=O)CC(C)C)[C@@H](C)O. The van der Waals surface area contributed by atoms with Gasteiger partial charge in [-0.05, 0) is 171 Å². The molecule has 0 spiro atoms. The van der Waals surface area contributed by atoms with Crippen LogP contribution in [0.1, 0.15) is 278 Å². The van der Waals surface area contributed by atoms with Gasteiger partial charge in [-0.15, -0.1) is 0 Å². The van der Waals surface area contributed by atoms with Crippen LogP contribution in [0.5, 0.6) is 5.75 Å². The highest BCUT2D eigenvalue weighted by atomic mass is 32.2. The normalized spacial score (nSPS) is 14.4. The standard InChI is InChI=1S/C91H157N15O20S2/c1-8-9-10-11-12-13-14-15-16-17-18-19-20-27-44-98-84(120)63(29-21-24-41-92)51-79(114)74(56-83(118)119)106-89(125)69(61(5)109)55-80(115)73(40-47-128-7)104-88(124)67(58-107)54-78(113)71(32-28-45-99-91(96)97)103-87(123)66(48-59(2)3)53-77(112)70(31-23-26-43-94)102-86(122)64(30-22-25-42-93)52-76(111)72(37-38-81(95)116)105-90(126)75(50-62-33-35-68(110)36-34-62)101-82(117)57-100-85(121)65(39-46-127-6)49-60(4)108/h33-36,59,61,63-67,69-75,107,109-110H,8-32,37-58,92-94H2,1-7H3,(H2,95,116)(H,98,120)(H,100,121)(H,101,117)(H,102,122)(H,103,123)(H,104,124)(H,105,126)(H,106,125)(H,118,119)(H4,96,97,99)/t61-,63-,64-,65-,66-,67+,69+,70+,71+,72+,73+,74+,75+/m1/s1. The quantitative estimate of drug-likeness (QED) is 0.0228. The number of aliphatic hydroxyl groups excluding tert-OH is 2. The maximum Gasteiger partial charge on any atom is 0.305 e. The minimum absolute atomic E-state index is 0.0152. The summed E-state index contributed by atoms with van der Waals surface area (Å²) in [6, 6.07) is -3.02. The van der Waals surface area contributed by atoms with Gasteiger partial charge in [0.05, 0.1) is 67.7 Å². The highest BCUT2D eigenvalue weighted by Gasteiger charge is 2.39. The molecule has 0 unspecified atom stereocenters. The molecule has 0 saturated carbocycles. The number of nitrogens with zero attached hydrogens (tertiary/aromatic N) is 1. The lowest BCUT2D eigenvalue weighted by molar-refractivity contribution is -0.142. The summed E-state index contributed by atoms with van der Waals surface area (Å²) in [5.74, 6) is -19.4. The number of ketones is 6. The van der Waals surface area contributed by atoms with Crippen LogP contribution in [0.2, 0.25) is 0 Å². The molecule has 1 aromatic carbocycles. The number of rotatable bonds is 80. The Labute approximate surface area is 766 Å². The average molecular weight is 1850 g/mol. The fraction of sp³-hybridized carbons (Fsp3) is 0.747. The van der Waals surface area contributed by atoms with Crippen molar-refractivity contribution in [3.63, 3.8) is 0 Å². The van der Waals surface area contributed by atoms with Crippen LogP contribution in [-0.2, 0) is 83.1 Å². The lowest BCUT2D eigenvalue weighted by Gasteiger charge is -2.27. The molecule has 0 fully saturated rings. The first-order valence-electron chi connectivity index (χ1n) is 46.2. The first kappa shape index (κ1) is 118. The Balaban J connectivity index is 3.61. The minimum Gasteiger partial charge on any atom is -0.508 e. The van der Waals surface area contributed by atoms with Crippen LogP contribution in [0.3, 0.4) is 0 Å². The number of aliphatic carboxylic acids is 1. The Hall–Kier alpha value is -8.49. The zero-order valence-corrected chi connectivity index (χ0v) is 78.8. The lowest BCUT2D eigenvalue weighted by atomic mass is 9.87. The van der Waals surface area contributed by atoms with Gasteiger partial charge >= 0.3 is 5.97 Å². The molecule has 0 aliphatic heterocycles. The molecule has 35 nitrogen and oxygen atoms in total. The molecule has 13 atom stereocenters. The van der Waals surface area contributed by atoms with Crippen LogP contribution in [-0.4, -0.2) is 232 Å². The van der Waals surface area contributed by atoms with E-state index in [1.165, 1.54) is 119 Å². The van der Waals surface area contributed by atoms with Gasteiger partial charge in [-0.25, -0.2) is 0 Å². The number of carboxylic acid groups (broad SMARTS) is 1. The largest absolute Gasteiger partial charge is 0.508 e. The van der Waals surface area contributed by atoms with Crippen molar-refractivity contribution >= 4 is 123 Å². The molecule has 0 saturated heterocycles. The smallest absolute Gasteiger partial charge is 0.305 e. The van der Waals surface area contributed by atoms with Gasteiger partial charge in [-0.3, -0.25) is 76.9 Å². The van der Waals surface area contributed by atoms with E-state index in [0.29, 0.717) is 69.4 Å². The number of aliphatic hydroxyl groups is 2. The summed E-state index contributed by atoms with van der Waals surface area (Å²) in [7, 11) is 0. The number of carboxylic acids is 1. The van der Waals surface area contributed by atoms with Crippen molar-refractivity contribution in [2.75, 3.05) is 69.9 Å². The number of aliphatic imine (C=N–C) groups is 1. The molecule has 24 N–H and O–H groups in total. The third-order valence-corrected chi connectivity index (χ3v) is 23.8. The Morgan fingerprint density at radius 1 is 0.430 bits per heavy atom. The van der Waals surface area contributed by atoms with E-state index in [9.17, 15) is 97.1 Å². The summed E-state index contributed by atoms with van der Waals surface area (Å²) < 4.78 is 0. The number of guanidine groups is 1. The molecule has 728 valence electrons. The van der Waals surface area contributed by atoms with Crippen molar-refractivity contribution in [1.29, 1.82) is 0 Å². The van der Waals surface area contributed by atoms with Crippen LogP contribution in [0.25, 0.3) is 0 Å². The van der Waals surface area contributed by atoms with E-state index in [2.05, 4.69) is 54.5 Å². The molecule has 0 aliphatic rings. The number of Topliss-reactive ketones (excluding diaryl/α,β-unsaturated/α-hetero) is 6.